The van der Waals surface area contributed by atoms with Crippen LogP contribution in [-0.4, -0.2) is 21.3 Å². The zero-order valence-electron chi connectivity index (χ0n) is 9.01. The lowest BCUT2D eigenvalue weighted by atomic mass is 10.1. The van der Waals surface area contributed by atoms with Crippen LogP contribution in [0.15, 0.2) is 34.8 Å². The number of hydrogen-bond donors (Lipinski definition) is 1. The summed E-state index contributed by atoms with van der Waals surface area (Å²) < 4.78 is 0.980. The summed E-state index contributed by atoms with van der Waals surface area (Å²) in [4.78, 5) is 10.8. The van der Waals surface area contributed by atoms with E-state index in [-0.39, 0.29) is 5.69 Å². The highest BCUT2D eigenvalue weighted by molar-refractivity contribution is 9.10. The predicted octanol–water partition coefficient (Wildman–Crippen LogP) is 2.91. The Hall–Kier alpha value is -1.75. The van der Waals surface area contributed by atoms with Crippen LogP contribution in [0.2, 0.25) is 0 Å². The highest BCUT2D eigenvalue weighted by Crippen LogP contribution is 2.20. The van der Waals surface area contributed by atoms with Gasteiger partial charge in [-0.3, -0.25) is 0 Å². The van der Waals surface area contributed by atoms with Gasteiger partial charge in [0, 0.05) is 10.0 Å². The maximum atomic E-state index is 10.8. The number of hydrogen-bond acceptors (Lipinski definition) is 3. The molecule has 0 spiro atoms. The van der Waals surface area contributed by atoms with Gasteiger partial charge < -0.3 is 5.11 Å². The first-order chi connectivity index (χ1) is 8.08. The van der Waals surface area contributed by atoms with Crippen molar-refractivity contribution in [2.75, 3.05) is 0 Å². The minimum Gasteiger partial charge on any atom is -0.476 e. The highest BCUT2D eigenvalue weighted by Gasteiger charge is 2.11. The van der Waals surface area contributed by atoms with Crippen molar-refractivity contribution >= 4 is 21.9 Å². The Morgan fingerprint density at radius 3 is 2.41 bits per heavy atom. The van der Waals surface area contributed by atoms with Gasteiger partial charge in [-0.15, -0.1) is 10.2 Å². The molecule has 2 aromatic rings. The van der Waals surface area contributed by atoms with Crippen molar-refractivity contribution in [3.05, 3.63) is 46.1 Å². The fourth-order valence-electron chi connectivity index (χ4n) is 1.46. The molecule has 0 aliphatic heterocycles. The minimum atomic E-state index is -1.06. The van der Waals surface area contributed by atoms with E-state index in [1.165, 1.54) is 0 Å². The Kier molecular flexibility index (Phi) is 3.19. The third-order valence-corrected chi connectivity index (χ3v) is 2.86. The van der Waals surface area contributed by atoms with Gasteiger partial charge in [0.15, 0.2) is 5.69 Å². The first-order valence-electron chi connectivity index (χ1n) is 4.91. The molecule has 1 N–H and O–H groups in total. The smallest absolute Gasteiger partial charge is 0.356 e. The first kappa shape index (κ1) is 11.7. The average molecular weight is 293 g/mol. The second-order valence-electron chi connectivity index (χ2n) is 3.57. The molecule has 0 aliphatic carbocycles. The van der Waals surface area contributed by atoms with Crippen LogP contribution < -0.4 is 0 Å². The van der Waals surface area contributed by atoms with E-state index < -0.39 is 5.97 Å². The van der Waals surface area contributed by atoms with Gasteiger partial charge in [0.05, 0.1) is 5.69 Å². The number of carboxylic acid groups (broad SMARTS) is 1. The number of halogens is 1. The number of nitrogens with zero attached hydrogens (tertiary/aromatic N) is 2. The van der Waals surface area contributed by atoms with Crippen LogP contribution in [0.4, 0.5) is 0 Å². The van der Waals surface area contributed by atoms with Gasteiger partial charge in [-0.2, -0.15) is 0 Å². The lowest BCUT2D eigenvalue weighted by molar-refractivity contribution is 0.0688. The van der Waals surface area contributed by atoms with E-state index in [1.54, 1.807) is 13.0 Å². The fraction of sp³-hybridized carbons (Fsp3) is 0.0833. The van der Waals surface area contributed by atoms with Crippen LogP contribution in [0.1, 0.15) is 16.1 Å². The Morgan fingerprint density at radius 2 is 1.88 bits per heavy atom. The summed E-state index contributed by atoms with van der Waals surface area (Å²) in [7, 11) is 0. The molecule has 4 nitrogen and oxygen atoms in total. The lowest BCUT2D eigenvalue weighted by Crippen LogP contribution is -2.05. The third-order valence-electron chi connectivity index (χ3n) is 2.33. The largest absolute Gasteiger partial charge is 0.476 e. The van der Waals surface area contributed by atoms with Gasteiger partial charge in [-0.1, -0.05) is 28.1 Å². The topological polar surface area (TPSA) is 63.1 Å². The van der Waals surface area contributed by atoms with Crippen LogP contribution in [0, 0.1) is 6.92 Å². The minimum absolute atomic E-state index is 0.00846. The molecule has 17 heavy (non-hydrogen) atoms. The van der Waals surface area contributed by atoms with E-state index in [2.05, 4.69) is 26.1 Å². The van der Waals surface area contributed by atoms with E-state index in [9.17, 15) is 4.79 Å². The predicted molar refractivity (Wildman–Crippen MR) is 66.9 cm³/mol. The molecule has 5 heteroatoms. The van der Waals surface area contributed by atoms with Crippen LogP contribution in [0.25, 0.3) is 11.3 Å². The molecular weight excluding hydrogens is 284 g/mol. The third kappa shape index (κ3) is 2.50. The number of rotatable bonds is 2. The average Bonchev–Trinajstić information content (AvgIpc) is 2.29. The zero-order valence-corrected chi connectivity index (χ0v) is 10.6. The molecule has 0 saturated heterocycles. The molecule has 2 rings (SSSR count). The molecule has 0 radical (unpaired) electrons. The van der Waals surface area contributed by atoms with E-state index in [4.69, 9.17) is 5.11 Å². The molecule has 1 heterocycles. The molecule has 0 atom stereocenters. The van der Waals surface area contributed by atoms with Crippen molar-refractivity contribution < 1.29 is 9.90 Å². The monoisotopic (exact) mass is 292 g/mol. The summed E-state index contributed by atoms with van der Waals surface area (Å²) in [5, 5.41) is 16.5. The van der Waals surface area contributed by atoms with Crippen molar-refractivity contribution in [2.24, 2.45) is 0 Å². The van der Waals surface area contributed by atoms with Crippen molar-refractivity contribution in [3.63, 3.8) is 0 Å². The van der Waals surface area contributed by atoms with Crippen LogP contribution in [0.5, 0.6) is 0 Å². The molecule has 0 saturated carbocycles. The van der Waals surface area contributed by atoms with E-state index in [1.807, 2.05) is 24.3 Å². The lowest BCUT2D eigenvalue weighted by Gasteiger charge is -2.03. The SMILES string of the molecule is Cc1cc(-c2ccc(Br)cc2)nnc1C(=O)O. The van der Waals surface area contributed by atoms with Crippen molar-refractivity contribution in [1.82, 2.24) is 10.2 Å². The summed E-state index contributed by atoms with van der Waals surface area (Å²) in [5.74, 6) is -1.06. The summed E-state index contributed by atoms with van der Waals surface area (Å²) in [6.07, 6.45) is 0. The molecule has 1 aromatic carbocycles. The van der Waals surface area contributed by atoms with Gasteiger partial charge in [-0.05, 0) is 30.7 Å². The molecule has 0 fully saturated rings. The van der Waals surface area contributed by atoms with Crippen LogP contribution >= 0.6 is 15.9 Å². The van der Waals surface area contributed by atoms with Crippen molar-refractivity contribution in [2.45, 2.75) is 6.92 Å². The summed E-state index contributed by atoms with van der Waals surface area (Å²) in [6, 6.07) is 9.32. The Labute approximate surface area is 106 Å². The van der Waals surface area contributed by atoms with Gasteiger partial charge in [0.2, 0.25) is 0 Å². The van der Waals surface area contributed by atoms with E-state index >= 15 is 0 Å². The second-order valence-corrected chi connectivity index (χ2v) is 4.49. The quantitative estimate of drug-likeness (QED) is 0.924. The van der Waals surface area contributed by atoms with Crippen LogP contribution in [-0.2, 0) is 0 Å². The number of carbonyl (C=O) groups is 1. The second kappa shape index (κ2) is 4.63. The Balaban J connectivity index is 2.44. The molecule has 1 aromatic heterocycles. The van der Waals surface area contributed by atoms with Crippen molar-refractivity contribution in [3.8, 4) is 11.3 Å². The number of aryl methyl sites for hydroxylation is 1. The maximum absolute atomic E-state index is 10.8. The Morgan fingerprint density at radius 1 is 1.24 bits per heavy atom. The molecular formula is C12H9BrN2O2. The van der Waals surface area contributed by atoms with Gasteiger partial charge >= 0.3 is 5.97 Å². The summed E-state index contributed by atoms with van der Waals surface area (Å²) in [6.45, 7) is 1.71. The highest BCUT2D eigenvalue weighted by atomic mass is 79.9. The molecule has 0 unspecified atom stereocenters. The van der Waals surface area contributed by atoms with Crippen molar-refractivity contribution in [1.29, 1.82) is 0 Å². The Bertz CT molecular complexity index is 567. The zero-order chi connectivity index (χ0) is 12.4. The summed E-state index contributed by atoms with van der Waals surface area (Å²) >= 11 is 3.35. The number of benzene rings is 1. The normalized spacial score (nSPS) is 10.2. The first-order valence-corrected chi connectivity index (χ1v) is 5.71. The molecule has 0 bridgehead atoms. The fourth-order valence-corrected chi connectivity index (χ4v) is 1.72. The molecule has 0 amide bonds. The van der Waals surface area contributed by atoms with Gasteiger partial charge in [-0.25, -0.2) is 4.79 Å². The van der Waals surface area contributed by atoms with E-state index in [0.29, 0.717) is 11.3 Å². The molecule has 86 valence electrons. The molecule has 0 aliphatic rings. The number of carboxylic acids is 1. The maximum Gasteiger partial charge on any atom is 0.356 e. The van der Waals surface area contributed by atoms with Gasteiger partial charge in [0.1, 0.15) is 0 Å². The summed E-state index contributed by atoms with van der Waals surface area (Å²) in [5.41, 5.74) is 2.16. The number of aromatic carboxylic acids is 1. The van der Waals surface area contributed by atoms with Gasteiger partial charge in [0.25, 0.3) is 0 Å². The van der Waals surface area contributed by atoms with Crippen LogP contribution in [0.3, 0.4) is 0 Å². The number of aromatic nitrogens is 2. The van der Waals surface area contributed by atoms with E-state index in [0.717, 1.165) is 10.0 Å². The standard InChI is InChI=1S/C12H9BrN2O2/c1-7-6-10(14-15-11(7)12(16)17)8-2-4-9(13)5-3-8/h2-6H,1H3,(H,16,17).